The second-order valence-corrected chi connectivity index (χ2v) is 7.07. The van der Waals surface area contributed by atoms with Gasteiger partial charge in [-0.2, -0.15) is 11.8 Å². The van der Waals surface area contributed by atoms with E-state index in [4.69, 9.17) is 4.74 Å². The van der Waals surface area contributed by atoms with Crippen LogP contribution in [-0.4, -0.2) is 66.5 Å². The van der Waals surface area contributed by atoms with Gasteiger partial charge in [0.25, 0.3) is 5.91 Å². The van der Waals surface area contributed by atoms with Gasteiger partial charge < -0.3 is 20.3 Å². The molecule has 2 aliphatic heterocycles. The van der Waals surface area contributed by atoms with Crippen LogP contribution < -0.4 is 10.6 Å². The summed E-state index contributed by atoms with van der Waals surface area (Å²) in [5.41, 5.74) is 1.19. The molecule has 1 aromatic carbocycles. The third-order valence-corrected chi connectivity index (χ3v) is 5.17. The van der Waals surface area contributed by atoms with Crippen LogP contribution in [0.1, 0.15) is 16.8 Å². The lowest BCUT2D eigenvalue weighted by molar-refractivity contribution is -0.125. The first-order chi connectivity index (χ1) is 12.1. The van der Waals surface area contributed by atoms with Gasteiger partial charge in [-0.3, -0.25) is 14.4 Å². The number of amides is 3. The molecule has 0 saturated carbocycles. The fraction of sp³-hybridized carbons (Fsp3) is 0.471. The average molecular weight is 363 g/mol. The summed E-state index contributed by atoms with van der Waals surface area (Å²) in [6, 6.07) is 6.28. The lowest BCUT2D eigenvalue weighted by atomic mass is 10.1. The van der Waals surface area contributed by atoms with Gasteiger partial charge in [0.1, 0.15) is 6.04 Å². The van der Waals surface area contributed by atoms with Gasteiger partial charge in [-0.15, -0.1) is 0 Å². The number of nitrogens with one attached hydrogen (secondary N) is 2. The van der Waals surface area contributed by atoms with E-state index in [9.17, 15) is 14.4 Å². The summed E-state index contributed by atoms with van der Waals surface area (Å²) in [6.07, 6.45) is 0.437. The van der Waals surface area contributed by atoms with E-state index in [0.29, 0.717) is 49.7 Å². The number of rotatable bonds is 3. The Bertz CT molecular complexity index is 644. The maximum Gasteiger partial charge on any atom is 0.254 e. The molecule has 3 amide bonds. The highest BCUT2D eigenvalue weighted by Gasteiger charge is 2.24. The standard InChI is InChI=1S/C17H21N3O4S/c21-15-5-10-25-11-14(19-15)16(22)18-13-3-1-12(2-4-13)17(23)20-6-8-24-9-7-20/h1-4,14H,5-11H2,(H,18,22)(H,19,21)/t14-/m0/s1. The van der Waals surface area contributed by atoms with Crippen molar-refractivity contribution in [3.8, 4) is 0 Å². The van der Waals surface area contributed by atoms with Crippen LogP contribution in [-0.2, 0) is 14.3 Å². The van der Waals surface area contributed by atoms with Crippen LogP contribution in [0.2, 0.25) is 0 Å². The molecule has 2 N–H and O–H groups in total. The van der Waals surface area contributed by atoms with Gasteiger partial charge in [0.2, 0.25) is 11.8 Å². The molecule has 7 nitrogen and oxygen atoms in total. The first-order valence-corrected chi connectivity index (χ1v) is 9.44. The first-order valence-electron chi connectivity index (χ1n) is 8.28. The van der Waals surface area contributed by atoms with E-state index in [2.05, 4.69) is 10.6 Å². The fourth-order valence-corrected chi connectivity index (χ4v) is 3.66. The number of benzene rings is 1. The van der Waals surface area contributed by atoms with Crippen LogP contribution in [0.3, 0.4) is 0 Å². The zero-order valence-electron chi connectivity index (χ0n) is 13.8. The number of morpholine rings is 1. The molecular formula is C17H21N3O4S. The van der Waals surface area contributed by atoms with Crippen molar-refractivity contribution < 1.29 is 19.1 Å². The van der Waals surface area contributed by atoms with Crippen LogP contribution in [0.15, 0.2) is 24.3 Å². The normalized spacial score (nSPS) is 21.2. The van der Waals surface area contributed by atoms with E-state index in [1.165, 1.54) is 0 Å². The molecule has 25 heavy (non-hydrogen) atoms. The van der Waals surface area contributed by atoms with Crippen molar-refractivity contribution in [1.82, 2.24) is 10.2 Å². The van der Waals surface area contributed by atoms with Gasteiger partial charge in [0, 0.05) is 42.3 Å². The Morgan fingerprint density at radius 3 is 2.64 bits per heavy atom. The fourth-order valence-electron chi connectivity index (χ4n) is 2.69. The van der Waals surface area contributed by atoms with E-state index < -0.39 is 6.04 Å². The number of nitrogens with zero attached hydrogens (tertiary/aromatic N) is 1. The molecule has 1 aromatic rings. The summed E-state index contributed by atoms with van der Waals surface area (Å²) in [5.74, 6) is 0.916. The Hall–Kier alpha value is -2.06. The summed E-state index contributed by atoms with van der Waals surface area (Å²) in [7, 11) is 0. The van der Waals surface area contributed by atoms with Crippen molar-refractivity contribution in [2.24, 2.45) is 0 Å². The van der Waals surface area contributed by atoms with Crippen LogP contribution in [0, 0.1) is 0 Å². The molecule has 3 rings (SSSR count). The molecule has 0 aliphatic carbocycles. The predicted molar refractivity (Wildman–Crippen MR) is 95.7 cm³/mol. The van der Waals surface area contributed by atoms with E-state index >= 15 is 0 Å². The van der Waals surface area contributed by atoms with Gasteiger partial charge in [-0.1, -0.05) is 0 Å². The molecule has 2 saturated heterocycles. The average Bonchev–Trinajstić information content (AvgIpc) is 2.87. The second kappa shape index (κ2) is 8.35. The van der Waals surface area contributed by atoms with Gasteiger partial charge in [0.05, 0.1) is 13.2 Å². The van der Waals surface area contributed by atoms with Crippen molar-refractivity contribution in [2.45, 2.75) is 12.5 Å². The van der Waals surface area contributed by atoms with E-state index in [0.717, 1.165) is 5.75 Å². The minimum Gasteiger partial charge on any atom is -0.378 e. The molecule has 0 unspecified atom stereocenters. The Balaban J connectivity index is 1.59. The van der Waals surface area contributed by atoms with Gasteiger partial charge >= 0.3 is 0 Å². The van der Waals surface area contributed by atoms with Crippen molar-refractivity contribution >= 4 is 35.2 Å². The molecule has 0 radical (unpaired) electrons. The number of carbonyl (C=O) groups is 3. The number of thioether (sulfide) groups is 1. The number of ether oxygens (including phenoxy) is 1. The van der Waals surface area contributed by atoms with Crippen molar-refractivity contribution in [1.29, 1.82) is 0 Å². The zero-order valence-corrected chi connectivity index (χ0v) is 14.6. The van der Waals surface area contributed by atoms with E-state index in [1.807, 2.05) is 0 Å². The minimum atomic E-state index is -0.533. The zero-order chi connectivity index (χ0) is 17.6. The summed E-state index contributed by atoms with van der Waals surface area (Å²) in [4.78, 5) is 38.0. The highest BCUT2D eigenvalue weighted by atomic mass is 32.2. The summed E-state index contributed by atoms with van der Waals surface area (Å²) >= 11 is 1.58. The summed E-state index contributed by atoms with van der Waals surface area (Å²) < 4.78 is 5.25. The van der Waals surface area contributed by atoms with E-state index in [-0.39, 0.29) is 17.7 Å². The van der Waals surface area contributed by atoms with Gasteiger partial charge in [0.15, 0.2) is 0 Å². The smallest absolute Gasteiger partial charge is 0.254 e. The quantitative estimate of drug-likeness (QED) is 0.826. The number of carbonyl (C=O) groups excluding carboxylic acids is 3. The third-order valence-electron chi connectivity index (χ3n) is 4.11. The van der Waals surface area contributed by atoms with Gasteiger partial charge in [-0.25, -0.2) is 0 Å². The second-order valence-electron chi connectivity index (χ2n) is 5.92. The maximum atomic E-state index is 12.4. The predicted octanol–water partition coefficient (Wildman–Crippen LogP) is 0.719. The van der Waals surface area contributed by atoms with E-state index in [1.54, 1.807) is 40.9 Å². The largest absolute Gasteiger partial charge is 0.378 e. The minimum absolute atomic E-state index is 0.0337. The van der Waals surface area contributed by atoms with Crippen LogP contribution in [0.5, 0.6) is 0 Å². The molecule has 0 spiro atoms. The van der Waals surface area contributed by atoms with Crippen molar-refractivity contribution in [2.75, 3.05) is 43.1 Å². The molecule has 8 heteroatoms. The summed E-state index contributed by atoms with van der Waals surface area (Å²) in [6.45, 7) is 2.31. The Kier molecular flexibility index (Phi) is 5.93. The Morgan fingerprint density at radius 1 is 1.20 bits per heavy atom. The molecule has 2 aliphatic rings. The highest BCUT2D eigenvalue weighted by Crippen LogP contribution is 2.15. The number of hydrogen-bond donors (Lipinski definition) is 2. The van der Waals surface area contributed by atoms with Gasteiger partial charge in [-0.05, 0) is 24.3 Å². The van der Waals surface area contributed by atoms with Crippen molar-refractivity contribution in [3.63, 3.8) is 0 Å². The van der Waals surface area contributed by atoms with Crippen molar-refractivity contribution in [3.05, 3.63) is 29.8 Å². The SMILES string of the molecule is O=C1CCSC[C@@H](C(=O)Nc2ccc(C(=O)N3CCOCC3)cc2)N1. The Labute approximate surface area is 150 Å². The molecule has 1 atom stereocenters. The van der Waals surface area contributed by atoms with Crippen LogP contribution in [0.25, 0.3) is 0 Å². The number of anilines is 1. The lowest BCUT2D eigenvalue weighted by Gasteiger charge is -2.26. The van der Waals surface area contributed by atoms with Crippen LogP contribution >= 0.6 is 11.8 Å². The maximum absolute atomic E-state index is 12.4. The molecular weight excluding hydrogens is 342 g/mol. The lowest BCUT2D eigenvalue weighted by Crippen LogP contribution is -2.44. The Morgan fingerprint density at radius 2 is 1.92 bits per heavy atom. The molecule has 0 bridgehead atoms. The molecule has 134 valence electrons. The summed E-state index contributed by atoms with van der Waals surface area (Å²) in [5, 5.41) is 5.52. The highest BCUT2D eigenvalue weighted by molar-refractivity contribution is 7.99. The number of hydrogen-bond acceptors (Lipinski definition) is 5. The topological polar surface area (TPSA) is 87.7 Å². The van der Waals surface area contributed by atoms with Crippen LogP contribution in [0.4, 0.5) is 5.69 Å². The molecule has 2 fully saturated rings. The first kappa shape index (κ1) is 17.8. The third kappa shape index (κ3) is 4.73. The monoisotopic (exact) mass is 363 g/mol. The molecule has 0 aromatic heterocycles. The molecule has 2 heterocycles.